The third kappa shape index (κ3) is 1.10. The highest BCUT2D eigenvalue weighted by molar-refractivity contribution is 5.85. The topological polar surface area (TPSA) is 91.9 Å². The normalized spacial score (nSPS) is 10.5. The Morgan fingerprint density at radius 3 is 2.69 bits per heavy atom. The Labute approximate surface area is 74.2 Å². The second kappa shape index (κ2) is 2.48. The van der Waals surface area contributed by atoms with Crippen LogP contribution in [0.4, 0.5) is 11.4 Å². The van der Waals surface area contributed by atoms with E-state index >= 15 is 0 Å². The monoisotopic (exact) mass is 176 g/mol. The zero-order valence-electron chi connectivity index (χ0n) is 6.77. The van der Waals surface area contributed by atoms with Gasteiger partial charge in [0.25, 0.3) is 6.33 Å². The Balaban J connectivity index is 2.89. The van der Waals surface area contributed by atoms with E-state index in [4.69, 9.17) is 11.5 Å². The second-order valence-corrected chi connectivity index (χ2v) is 2.76. The second-order valence-electron chi connectivity index (χ2n) is 2.76. The van der Waals surface area contributed by atoms with E-state index in [1.165, 1.54) is 6.33 Å². The molecule has 2 rings (SSSR count). The van der Waals surface area contributed by atoms with E-state index in [9.17, 15) is 5.21 Å². The van der Waals surface area contributed by atoms with Crippen LogP contribution < -0.4 is 16.2 Å². The molecule has 1 aromatic heterocycles. The molecule has 0 aliphatic carbocycles. The van der Waals surface area contributed by atoms with Gasteiger partial charge in [-0.05, 0) is 6.07 Å². The Morgan fingerprint density at radius 2 is 1.92 bits per heavy atom. The van der Waals surface area contributed by atoms with Crippen LogP contribution in [0.25, 0.3) is 10.9 Å². The summed E-state index contributed by atoms with van der Waals surface area (Å²) in [5, 5.41) is 11.9. The lowest BCUT2D eigenvalue weighted by Gasteiger charge is -2.05. The molecule has 0 saturated carbocycles. The molecule has 5 nitrogen and oxygen atoms in total. The van der Waals surface area contributed by atoms with E-state index in [0.29, 0.717) is 27.0 Å². The number of hydrogen-bond acceptors (Lipinski definition) is 4. The summed E-state index contributed by atoms with van der Waals surface area (Å²) in [4.78, 5) is 3.74. The Hall–Kier alpha value is -2.04. The van der Waals surface area contributed by atoms with Gasteiger partial charge < -0.3 is 16.7 Å². The van der Waals surface area contributed by atoms with Crippen LogP contribution in [-0.2, 0) is 0 Å². The van der Waals surface area contributed by atoms with E-state index in [-0.39, 0.29) is 0 Å². The van der Waals surface area contributed by atoms with Gasteiger partial charge in [0.1, 0.15) is 5.52 Å². The number of nitrogens with two attached hydrogens (primary N) is 2. The number of nitrogens with zero attached hydrogens (tertiary/aromatic N) is 2. The zero-order chi connectivity index (χ0) is 9.42. The quantitative estimate of drug-likeness (QED) is 0.336. The van der Waals surface area contributed by atoms with Crippen molar-refractivity contribution < 1.29 is 4.73 Å². The summed E-state index contributed by atoms with van der Waals surface area (Å²) in [5.41, 5.74) is 12.5. The van der Waals surface area contributed by atoms with Crippen molar-refractivity contribution in [2.75, 3.05) is 11.5 Å². The number of anilines is 2. The molecule has 1 heterocycles. The molecular weight excluding hydrogens is 168 g/mol. The summed E-state index contributed by atoms with van der Waals surface area (Å²) in [7, 11) is 0. The number of fused-ring (bicyclic) bond motifs is 1. The van der Waals surface area contributed by atoms with E-state index in [0.717, 1.165) is 0 Å². The molecule has 0 aliphatic heterocycles. The lowest BCUT2D eigenvalue weighted by molar-refractivity contribution is -0.580. The van der Waals surface area contributed by atoms with Gasteiger partial charge in [-0.1, -0.05) is 4.98 Å². The van der Waals surface area contributed by atoms with E-state index in [2.05, 4.69) is 4.98 Å². The van der Waals surface area contributed by atoms with Gasteiger partial charge >= 0.3 is 0 Å². The molecule has 0 radical (unpaired) electrons. The third-order valence-corrected chi connectivity index (χ3v) is 1.85. The maximum atomic E-state index is 11.2. The summed E-state index contributed by atoms with van der Waals surface area (Å²) in [6.45, 7) is 0. The summed E-state index contributed by atoms with van der Waals surface area (Å²) >= 11 is 0. The van der Waals surface area contributed by atoms with Crippen LogP contribution in [0.2, 0.25) is 0 Å². The molecule has 1 aromatic carbocycles. The minimum absolute atomic E-state index is 0.406. The average molecular weight is 176 g/mol. The maximum absolute atomic E-state index is 11.2. The van der Waals surface area contributed by atoms with Gasteiger partial charge in [0.15, 0.2) is 6.20 Å². The first kappa shape index (κ1) is 7.60. The molecule has 4 N–H and O–H groups in total. The smallest absolute Gasteiger partial charge is 0.289 e. The van der Waals surface area contributed by atoms with Crippen LogP contribution >= 0.6 is 0 Å². The largest absolute Gasteiger partial charge is 0.710 e. The third-order valence-electron chi connectivity index (χ3n) is 1.85. The predicted molar refractivity (Wildman–Crippen MR) is 49.5 cm³/mol. The van der Waals surface area contributed by atoms with Crippen molar-refractivity contribution >= 4 is 22.3 Å². The van der Waals surface area contributed by atoms with Crippen LogP contribution in [0.5, 0.6) is 0 Å². The van der Waals surface area contributed by atoms with E-state index < -0.39 is 0 Å². The van der Waals surface area contributed by atoms with Crippen molar-refractivity contribution in [3.63, 3.8) is 0 Å². The molecule has 0 aliphatic rings. The molecule has 66 valence electrons. The van der Waals surface area contributed by atoms with Crippen molar-refractivity contribution in [3.8, 4) is 0 Å². The van der Waals surface area contributed by atoms with Gasteiger partial charge in [-0.25, -0.2) is 4.73 Å². The number of rotatable bonds is 0. The van der Waals surface area contributed by atoms with Crippen LogP contribution in [-0.4, -0.2) is 4.98 Å². The van der Waals surface area contributed by atoms with Gasteiger partial charge in [-0.3, -0.25) is 0 Å². The molecule has 0 bridgehead atoms. The highest BCUT2D eigenvalue weighted by atomic mass is 16.5. The molecule has 0 unspecified atom stereocenters. The Kier molecular flexibility index (Phi) is 1.45. The van der Waals surface area contributed by atoms with Gasteiger partial charge in [0.05, 0.1) is 16.8 Å². The van der Waals surface area contributed by atoms with Crippen molar-refractivity contribution in [1.29, 1.82) is 0 Å². The van der Waals surface area contributed by atoms with Crippen LogP contribution in [0, 0.1) is 5.21 Å². The average Bonchev–Trinajstić information content (AvgIpc) is 2.09. The Bertz CT molecular complexity index is 469. The molecule has 0 atom stereocenters. The highest BCUT2D eigenvalue weighted by Crippen LogP contribution is 2.20. The number of nitrogen functional groups attached to an aromatic ring is 2. The molecular formula is C8H8N4O. The molecule has 0 amide bonds. The van der Waals surface area contributed by atoms with Crippen molar-refractivity contribution in [2.24, 2.45) is 0 Å². The highest BCUT2D eigenvalue weighted by Gasteiger charge is 2.04. The van der Waals surface area contributed by atoms with Crippen LogP contribution in [0.15, 0.2) is 24.7 Å². The van der Waals surface area contributed by atoms with Gasteiger partial charge in [-0.2, -0.15) is 0 Å². The molecule has 2 aromatic rings. The number of aromatic nitrogens is 2. The van der Waals surface area contributed by atoms with E-state index in [1.54, 1.807) is 18.3 Å². The molecule has 0 spiro atoms. The lowest BCUT2D eigenvalue weighted by atomic mass is 10.2. The van der Waals surface area contributed by atoms with Gasteiger partial charge in [-0.15, -0.1) is 0 Å². The molecule has 13 heavy (non-hydrogen) atoms. The summed E-state index contributed by atoms with van der Waals surface area (Å²) in [5.74, 6) is 0. The first-order valence-corrected chi connectivity index (χ1v) is 3.70. The fourth-order valence-corrected chi connectivity index (χ4v) is 1.17. The predicted octanol–water partition coefficient (Wildman–Crippen LogP) is 0.0326. The minimum Gasteiger partial charge on any atom is -0.710 e. The summed E-state index contributed by atoms with van der Waals surface area (Å²) < 4.78 is 0.658. The lowest BCUT2D eigenvalue weighted by Crippen LogP contribution is -2.27. The van der Waals surface area contributed by atoms with Crippen molar-refractivity contribution in [2.45, 2.75) is 0 Å². The van der Waals surface area contributed by atoms with Gasteiger partial charge in [0.2, 0.25) is 0 Å². The molecule has 0 fully saturated rings. The van der Waals surface area contributed by atoms with Gasteiger partial charge in [0, 0.05) is 6.07 Å². The SMILES string of the molecule is Nc1cc2cnc[n+]([O-])c2cc1N. The maximum Gasteiger partial charge on any atom is 0.289 e. The molecule has 5 heteroatoms. The number of benzene rings is 1. The fraction of sp³-hybridized carbons (Fsp3) is 0. The first-order chi connectivity index (χ1) is 6.18. The van der Waals surface area contributed by atoms with Crippen LogP contribution in [0.1, 0.15) is 0 Å². The van der Waals surface area contributed by atoms with Crippen molar-refractivity contribution in [1.82, 2.24) is 4.98 Å². The number of hydrogen-bond donors (Lipinski definition) is 2. The minimum atomic E-state index is 0.406. The van der Waals surface area contributed by atoms with Crippen LogP contribution in [0.3, 0.4) is 0 Å². The fourth-order valence-electron chi connectivity index (χ4n) is 1.17. The first-order valence-electron chi connectivity index (χ1n) is 3.70. The van der Waals surface area contributed by atoms with E-state index in [1.807, 2.05) is 0 Å². The molecule has 0 saturated heterocycles. The standard InChI is InChI=1S/C8H8N4O/c9-6-1-5-3-11-4-12(13)8(5)2-7(6)10/h1-4H,9-10H2. The summed E-state index contributed by atoms with van der Waals surface area (Å²) in [6, 6.07) is 3.17. The van der Waals surface area contributed by atoms with Crippen molar-refractivity contribution in [3.05, 3.63) is 29.9 Å². The summed E-state index contributed by atoms with van der Waals surface area (Å²) in [6.07, 6.45) is 2.75. The Morgan fingerprint density at radius 1 is 1.23 bits per heavy atom. The zero-order valence-corrected chi connectivity index (χ0v) is 6.77.